The van der Waals surface area contributed by atoms with Crippen LogP contribution in [0.4, 0.5) is 5.69 Å². The van der Waals surface area contributed by atoms with Crippen LogP contribution in [-0.2, 0) is 22.6 Å². The highest BCUT2D eigenvalue weighted by molar-refractivity contribution is 6.32. The van der Waals surface area contributed by atoms with Crippen molar-refractivity contribution >= 4 is 23.2 Å². The number of carbonyl (C=O) groups excluding carboxylic acids is 1. The highest BCUT2D eigenvalue weighted by Crippen LogP contribution is 2.40. The number of fused-ring (bicyclic) bond motifs is 1. The van der Waals surface area contributed by atoms with Gasteiger partial charge in [-0.15, -0.1) is 0 Å². The molecule has 0 aliphatic carbocycles. The number of halogens is 1. The molecule has 0 N–H and O–H groups in total. The molecule has 4 nitrogen and oxygen atoms in total. The second kappa shape index (κ2) is 9.06. The van der Waals surface area contributed by atoms with Gasteiger partial charge in [-0.05, 0) is 42.5 Å². The molecule has 0 spiro atoms. The number of benzene rings is 2. The Kier molecular flexibility index (Phi) is 6.53. The summed E-state index contributed by atoms with van der Waals surface area (Å²) in [6.45, 7) is 1.84. The van der Waals surface area contributed by atoms with Crippen LogP contribution in [0, 0.1) is 0 Å². The number of hydrogen-bond acceptors (Lipinski definition) is 3. The summed E-state index contributed by atoms with van der Waals surface area (Å²) >= 11 is 6.33. The molecule has 0 fully saturated rings. The molecular weight excluding hydrogens is 350 g/mol. The highest BCUT2D eigenvalue weighted by Gasteiger charge is 2.27. The second-order valence-corrected chi connectivity index (χ2v) is 6.77. The van der Waals surface area contributed by atoms with E-state index in [1.807, 2.05) is 47.4 Å². The smallest absolute Gasteiger partial charge is 0.227 e. The minimum Gasteiger partial charge on any atom is -0.495 e. The van der Waals surface area contributed by atoms with Gasteiger partial charge in [-0.25, -0.2) is 0 Å². The molecule has 0 aromatic heterocycles. The van der Waals surface area contributed by atoms with Gasteiger partial charge < -0.3 is 14.4 Å². The molecule has 1 amide bonds. The summed E-state index contributed by atoms with van der Waals surface area (Å²) in [6.07, 6.45) is 2.93. The lowest BCUT2D eigenvalue weighted by Gasteiger charge is -2.31. The van der Waals surface area contributed by atoms with Gasteiger partial charge in [0.05, 0.1) is 19.4 Å². The molecule has 2 aromatic rings. The Bertz CT molecular complexity index is 748. The van der Waals surface area contributed by atoms with Gasteiger partial charge >= 0.3 is 0 Å². The average Bonchev–Trinajstić information content (AvgIpc) is 2.68. The van der Waals surface area contributed by atoms with Gasteiger partial charge in [-0.2, -0.15) is 0 Å². The fourth-order valence-electron chi connectivity index (χ4n) is 3.29. The Hall–Kier alpha value is -2.04. The van der Waals surface area contributed by atoms with Gasteiger partial charge in [-0.3, -0.25) is 4.79 Å². The molecule has 0 radical (unpaired) electrons. The maximum absolute atomic E-state index is 12.7. The van der Waals surface area contributed by atoms with Crippen LogP contribution in [0.1, 0.15) is 30.4 Å². The summed E-state index contributed by atoms with van der Waals surface area (Å²) in [6, 6.07) is 13.7. The highest BCUT2D eigenvalue weighted by atomic mass is 35.5. The third kappa shape index (κ3) is 4.37. The molecule has 5 heteroatoms. The van der Waals surface area contributed by atoms with Crippen molar-refractivity contribution < 1.29 is 14.3 Å². The Balaban J connectivity index is 1.55. The predicted molar refractivity (Wildman–Crippen MR) is 104 cm³/mol. The summed E-state index contributed by atoms with van der Waals surface area (Å²) < 4.78 is 11.1. The summed E-state index contributed by atoms with van der Waals surface area (Å²) in [4.78, 5) is 14.6. The number of carbonyl (C=O) groups is 1. The summed E-state index contributed by atoms with van der Waals surface area (Å²) in [7, 11) is 1.62. The third-order valence-electron chi connectivity index (χ3n) is 4.58. The Morgan fingerprint density at radius 3 is 2.77 bits per heavy atom. The number of methoxy groups -OCH3 is 1. The first kappa shape index (κ1) is 18.7. The van der Waals surface area contributed by atoms with Gasteiger partial charge in [0.2, 0.25) is 5.91 Å². The molecule has 138 valence electrons. The lowest BCUT2D eigenvalue weighted by atomic mass is 10.00. The van der Waals surface area contributed by atoms with Gasteiger partial charge in [0.25, 0.3) is 0 Å². The zero-order valence-corrected chi connectivity index (χ0v) is 15.8. The van der Waals surface area contributed by atoms with Gasteiger partial charge in [0.15, 0.2) is 0 Å². The van der Waals surface area contributed by atoms with Crippen LogP contribution < -0.4 is 9.64 Å². The molecule has 0 bridgehead atoms. The number of amides is 1. The van der Waals surface area contributed by atoms with Gasteiger partial charge in [0, 0.05) is 24.6 Å². The van der Waals surface area contributed by atoms with Crippen molar-refractivity contribution in [3.05, 3.63) is 58.6 Å². The molecule has 1 heterocycles. The lowest BCUT2D eigenvalue weighted by Crippen LogP contribution is -2.36. The van der Waals surface area contributed by atoms with Crippen LogP contribution in [0.25, 0.3) is 0 Å². The van der Waals surface area contributed by atoms with Crippen molar-refractivity contribution in [1.29, 1.82) is 0 Å². The molecule has 0 saturated carbocycles. The minimum atomic E-state index is 0.0924. The SMILES string of the molecule is COc1ccc(Cl)c2c1N(C(=O)CCCOCc1ccccc1)CCC2. The standard InChI is InChI=1S/C21H24ClNO3/c1-25-19-12-11-18(22)17-9-5-13-23(21(17)19)20(24)10-6-14-26-15-16-7-3-2-4-8-16/h2-4,7-8,11-12H,5-6,9-10,13-15H2,1H3. The molecule has 0 atom stereocenters. The Morgan fingerprint density at radius 1 is 1.19 bits per heavy atom. The van der Waals surface area contributed by atoms with E-state index in [-0.39, 0.29) is 5.91 Å². The van der Waals surface area contributed by atoms with Crippen molar-refractivity contribution in [3.63, 3.8) is 0 Å². The first-order valence-corrected chi connectivity index (χ1v) is 9.36. The molecule has 0 saturated heterocycles. The van der Waals surface area contributed by atoms with E-state index in [0.717, 1.165) is 29.7 Å². The van der Waals surface area contributed by atoms with E-state index in [2.05, 4.69) is 0 Å². The Labute approximate surface area is 159 Å². The maximum atomic E-state index is 12.7. The van der Waals surface area contributed by atoms with Crippen LogP contribution in [0.15, 0.2) is 42.5 Å². The molecule has 26 heavy (non-hydrogen) atoms. The zero-order valence-electron chi connectivity index (χ0n) is 15.0. The van der Waals surface area contributed by atoms with Gasteiger partial charge in [-0.1, -0.05) is 41.9 Å². The molecule has 3 rings (SSSR count). The van der Waals surface area contributed by atoms with Crippen molar-refractivity contribution in [1.82, 2.24) is 0 Å². The Morgan fingerprint density at radius 2 is 2.00 bits per heavy atom. The molecule has 0 unspecified atom stereocenters. The minimum absolute atomic E-state index is 0.0924. The number of ether oxygens (including phenoxy) is 2. The molecular formula is C21H24ClNO3. The van der Waals surface area contributed by atoms with Crippen molar-refractivity contribution in [2.75, 3.05) is 25.2 Å². The first-order valence-electron chi connectivity index (χ1n) is 8.98. The molecule has 2 aromatic carbocycles. The van der Waals surface area contributed by atoms with E-state index in [0.29, 0.717) is 43.4 Å². The van der Waals surface area contributed by atoms with E-state index in [4.69, 9.17) is 21.1 Å². The maximum Gasteiger partial charge on any atom is 0.227 e. The summed E-state index contributed by atoms with van der Waals surface area (Å²) in [5.74, 6) is 0.799. The van der Waals surface area contributed by atoms with Crippen LogP contribution in [-0.4, -0.2) is 26.2 Å². The zero-order chi connectivity index (χ0) is 18.4. The van der Waals surface area contributed by atoms with E-state index in [1.165, 1.54) is 0 Å². The van der Waals surface area contributed by atoms with E-state index < -0.39 is 0 Å². The fourth-order valence-corrected chi connectivity index (χ4v) is 3.54. The van der Waals surface area contributed by atoms with Crippen LogP contribution in [0.5, 0.6) is 5.75 Å². The number of rotatable bonds is 7. The van der Waals surface area contributed by atoms with Crippen molar-refractivity contribution in [2.24, 2.45) is 0 Å². The number of nitrogens with zero attached hydrogens (tertiary/aromatic N) is 1. The average molecular weight is 374 g/mol. The van der Waals surface area contributed by atoms with E-state index in [1.54, 1.807) is 7.11 Å². The quantitative estimate of drug-likeness (QED) is 0.664. The molecule has 1 aliphatic rings. The van der Waals surface area contributed by atoms with E-state index in [9.17, 15) is 4.79 Å². The van der Waals surface area contributed by atoms with Gasteiger partial charge in [0.1, 0.15) is 5.75 Å². The first-order chi connectivity index (χ1) is 12.7. The monoisotopic (exact) mass is 373 g/mol. The third-order valence-corrected chi connectivity index (χ3v) is 4.93. The largest absolute Gasteiger partial charge is 0.495 e. The number of anilines is 1. The van der Waals surface area contributed by atoms with E-state index >= 15 is 0 Å². The summed E-state index contributed by atoms with van der Waals surface area (Å²) in [5, 5.41) is 0.699. The fraction of sp³-hybridized carbons (Fsp3) is 0.381. The van der Waals surface area contributed by atoms with Crippen molar-refractivity contribution in [3.8, 4) is 5.75 Å². The topological polar surface area (TPSA) is 38.8 Å². The normalized spacial score (nSPS) is 13.4. The summed E-state index contributed by atoms with van der Waals surface area (Å²) in [5.41, 5.74) is 2.98. The van der Waals surface area contributed by atoms with Crippen LogP contribution in [0.3, 0.4) is 0 Å². The second-order valence-electron chi connectivity index (χ2n) is 6.37. The predicted octanol–water partition coefficient (Wildman–Crippen LogP) is 4.62. The van der Waals surface area contributed by atoms with Crippen LogP contribution in [0.2, 0.25) is 5.02 Å². The van der Waals surface area contributed by atoms with Crippen molar-refractivity contribution in [2.45, 2.75) is 32.3 Å². The molecule has 1 aliphatic heterocycles. The lowest BCUT2D eigenvalue weighted by molar-refractivity contribution is -0.119. The van der Waals surface area contributed by atoms with Crippen LogP contribution >= 0.6 is 11.6 Å². The number of hydrogen-bond donors (Lipinski definition) is 0.